The van der Waals surface area contributed by atoms with E-state index in [1.807, 2.05) is 0 Å². The van der Waals surface area contributed by atoms with Crippen molar-refractivity contribution in [1.82, 2.24) is 10.0 Å². The molecule has 0 saturated carbocycles. The van der Waals surface area contributed by atoms with Crippen LogP contribution in [0.3, 0.4) is 0 Å². The molecule has 0 amide bonds. The van der Waals surface area contributed by atoms with Gasteiger partial charge in [-0.3, -0.25) is 0 Å². The van der Waals surface area contributed by atoms with E-state index in [-0.39, 0.29) is 24.0 Å². The minimum atomic E-state index is -3.94. The lowest BCUT2D eigenvalue weighted by molar-refractivity contribution is 0.350. The molecule has 1 fully saturated rings. The predicted octanol–water partition coefficient (Wildman–Crippen LogP) is 1.12. The molecular weight excluding hydrogens is 311 g/mol. The van der Waals surface area contributed by atoms with Crippen LogP contribution in [-0.2, 0) is 10.0 Å². The van der Waals surface area contributed by atoms with Gasteiger partial charge in [-0.25, -0.2) is 17.5 Å². The molecule has 1 saturated heterocycles. The van der Waals surface area contributed by atoms with Gasteiger partial charge in [0.25, 0.3) is 0 Å². The van der Waals surface area contributed by atoms with Crippen LogP contribution in [0, 0.1) is 11.7 Å². The quantitative estimate of drug-likeness (QED) is 0.816. The number of piperidine rings is 1. The van der Waals surface area contributed by atoms with E-state index in [2.05, 4.69) is 10.0 Å². The maximum absolute atomic E-state index is 14.0. The van der Waals surface area contributed by atoms with Crippen LogP contribution in [0.5, 0.6) is 11.5 Å². The zero-order valence-corrected chi connectivity index (χ0v) is 13.5. The third-order valence-electron chi connectivity index (χ3n) is 3.69. The summed E-state index contributed by atoms with van der Waals surface area (Å²) in [6.07, 6.45) is 1.96. The number of sulfonamides is 1. The van der Waals surface area contributed by atoms with Crippen molar-refractivity contribution >= 4 is 10.0 Å². The van der Waals surface area contributed by atoms with Crippen LogP contribution in [0.15, 0.2) is 17.0 Å². The highest BCUT2D eigenvalue weighted by molar-refractivity contribution is 7.89. The van der Waals surface area contributed by atoms with Crippen LogP contribution in [-0.4, -0.2) is 42.3 Å². The van der Waals surface area contributed by atoms with E-state index in [1.54, 1.807) is 0 Å². The lowest BCUT2D eigenvalue weighted by Crippen LogP contribution is -2.38. The van der Waals surface area contributed by atoms with Crippen LogP contribution in [0.4, 0.5) is 4.39 Å². The molecule has 1 aromatic carbocycles. The summed E-state index contributed by atoms with van der Waals surface area (Å²) in [7, 11) is -1.21. The first-order chi connectivity index (χ1) is 10.5. The fraction of sp³-hybridized carbons (Fsp3) is 0.571. The summed E-state index contributed by atoms with van der Waals surface area (Å²) >= 11 is 0. The number of methoxy groups -OCH3 is 2. The molecule has 124 valence electrons. The van der Waals surface area contributed by atoms with Crippen molar-refractivity contribution in [2.24, 2.45) is 5.92 Å². The maximum atomic E-state index is 14.0. The number of benzene rings is 1. The second kappa shape index (κ2) is 7.26. The van der Waals surface area contributed by atoms with Gasteiger partial charge in [0.05, 0.1) is 14.2 Å². The summed E-state index contributed by atoms with van der Waals surface area (Å²) < 4.78 is 51.1. The Bertz CT molecular complexity index is 616. The predicted molar refractivity (Wildman–Crippen MR) is 80.3 cm³/mol. The number of ether oxygens (including phenoxy) is 2. The largest absolute Gasteiger partial charge is 0.493 e. The van der Waals surface area contributed by atoms with Crippen LogP contribution in [0.2, 0.25) is 0 Å². The van der Waals surface area contributed by atoms with E-state index in [0.717, 1.165) is 38.1 Å². The Morgan fingerprint density at radius 1 is 1.32 bits per heavy atom. The third kappa shape index (κ3) is 3.88. The lowest BCUT2D eigenvalue weighted by atomic mass is 10.0. The Balaban J connectivity index is 2.17. The first-order valence-corrected chi connectivity index (χ1v) is 8.58. The van der Waals surface area contributed by atoms with E-state index in [0.29, 0.717) is 0 Å². The van der Waals surface area contributed by atoms with E-state index in [1.165, 1.54) is 14.2 Å². The highest BCUT2D eigenvalue weighted by Crippen LogP contribution is 2.31. The molecule has 1 aliphatic heterocycles. The number of halogens is 1. The first-order valence-electron chi connectivity index (χ1n) is 7.10. The molecule has 8 heteroatoms. The average molecular weight is 332 g/mol. The number of hydrogen-bond donors (Lipinski definition) is 2. The summed E-state index contributed by atoms with van der Waals surface area (Å²) in [6.45, 7) is 1.99. The molecule has 1 heterocycles. The Morgan fingerprint density at radius 2 is 2.00 bits per heavy atom. The molecule has 1 aliphatic rings. The molecule has 2 rings (SSSR count). The Morgan fingerprint density at radius 3 is 2.59 bits per heavy atom. The molecule has 6 nitrogen and oxygen atoms in total. The van der Waals surface area contributed by atoms with Gasteiger partial charge in [-0.05, 0) is 31.8 Å². The molecule has 1 aromatic rings. The summed E-state index contributed by atoms with van der Waals surface area (Å²) in [5.74, 6) is -0.335. The lowest BCUT2D eigenvalue weighted by Gasteiger charge is -2.23. The van der Waals surface area contributed by atoms with Crippen molar-refractivity contribution in [3.8, 4) is 11.5 Å². The van der Waals surface area contributed by atoms with Gasteiger partial charge in [-0.1, -0.05) is 0 Å². The van der Waals surface area contributed by atoms with E-state index >= 15 is 0 Å². The minimum absolute atomic E-state index is 0.149. The SMILES string of the molecule is COc1cc(F)c(S(=O)(=O)NC[C@@H]2CCCNC2)cc1OC. The van der Waals surface area contributed by atoms with Gasteiger partial charge < -0.3 is 14.8 Å². The fourth-order valence-corrected chi connectivity index (χ4v) is 3.63. The van der Waals surface area contributed by atoms with Crippen LogP contribution >= 0.6 is 0 Å². The zero-order chi connectivity index (χ0) is 16.2. The fourth-order valence-electron chi connectivity index (χ4n) is 2.44. The monoisotopic (exact) mass is 332 g/mol. The topological polar surface area (TPSA) is 76.7 Å². The summed E-state index contributed by atoms with van der Waals surface area (Å²) in [4.78, 5) is -0.436. The summed E-state index contributed by atoms with van der Waals surface area (Å²) in [5, 5.41) is 3.21. The minimum Gasteiger partial charge on any atom is -0.493 e. The second-order valence-electron chi connectivity index (χ2n) is 5.20. The third-order valence-corrected chi connectivity index (χ3v) is 5.13. The van der Waals surface area contributed by atoms with Gasteiger partial charge in [0, 0.05) is 18.7 Å². The summed E-state index contributed by atoms with van der Waals surface area (Å²) in [6, 6.07) is 2.14. The molecule has 0 bridgehead atoms. The molecule has 1 atom stereocenters. The van der Waals surface area contributed by atoms with Crippen molar-refractivity contribution in [3.63, 3.8) is 0 Å². The van der Waals surface area contributed by atoms with Crippen molar-refractivity contribution in [2.75, 3.05) is 33.9 Å². The van der Waals surface area contributed by atoms with Gasteiger partial charge in [-0.15, -0.1) is 0 Å². The maximum Gasteiger partial charge on any atom is 0.243 e. The zero-order valence-electron chi connectivity index (χ0n) is 12.7. The highest BCUT2D eigenvalue weighted by Gasteiger charge is 2.24. The average Bonchev–Trinajstić information content (AvgIpc) is 2.53. The standard InChI is InChI=1S/C14H21FN2O4S/c1-20-12-6-11(15)14(7-13(12)21-2)22(18,19)17-9-10-4-3-5-16-8-10/h6-7,10,16-17H,3-5,8-9H2,1-2H3/t10-/m1/s1. The van der Waals surface area contributed by atoms with Crippen molar-refractivity contribution in [3.05, 3.63) is 17.9 Å². The normalized spacial score (nSPS) is 19.0. The van der Waals surface area contributed by atoms with Crippen molar-refractivity contribution in [1.29, 1.82) is 0 Å². The van der Waals surface area contributed by atoms with Gasteiger partial charge >= 0.3 is 0 Å². The highest BCUT2D eigenvalue weighted by atomic mass is 32.2. The molecule has 0 spiro atoms. The molecule has 22 heavy (non-hydrogen) atoms. The van der Waals surface area contributed by atoms with Crippen LogP contribution in [0.1, 0.15) is 12.8 Å². The van der Waals surface area contributed by atoms with Gasteiger partial charge in [0.1, 0.15) is 10.7 Å². The molecule has 0 radical (unpaired) electrons. The second-order valence-corrected chi connectivity index (χ2v) is 6.94. The molecule has 2 N–H and O–H groups in total. The molecule has 0 aliphatic carbocycles. The smallest absolute Gasteiger partial charge is 0.243 e. The Hall–Kier alpha value is -1.38. The molecule has 0 unspecified atom stereocenters. The van der Waals surface area contributed by atoms with Crippen LogP contribution in [0.25, 0.3) is 0 Å². The Kier molecular flexibility index (Phi) is 5.60. The Labute approximate surface area is 130 Å². The van der Waals surface area contributed by atoms with Crippen molar-refractivity contribution < 1.29 is 22.3 Å². The van der Waals surface area contributed by atoms with E-state index in [4.69, 9.17) is 9.47 Å². The number of nitrogens with one attached hydrogen (secondary N) is 2. The molecular formula is C14H21FN2O4S. The van der Waals surface area contributed by atoms with Crippen molar-refractivity contribution in [2.45, 2.75) is 17.7 Å². The van der Waals surface area contributed by atoms with E-state index < -0.39 is 20.7 Å². The summed E-state index contributed by atoms with van der Waals surface area (Å²) in [5.41, 5.74) is 0. The first kappa shape index (κ1) is 17.0. The van der Waals surface area contributed by atoms with Gasteiger partial charge in [-0.2, -0.15) is 0 Å². The van der Waals surface area contributed by atoms with E-state index in [9.17, 15) is 12.8 Å². The number of rotatable bonds is 6. The number of hydrogen-bond acceptors (Lipinski definition) is 5. The molecule has 0 aromatic heterocycles. The van der Waals surface area contributed by atoms with Gasteiger partial charge in [0.15, 0.2) is 11.5 Å². The van der Waals surface area contributed by atoms with Crippen LogP contribution < -0.4 is 19.5 Å². The van der Waals surface area contributed by atoms with Gasteiger partial charge in [0.2, 0.25) is 10.0 Å².